The SMILES string of the molecule is COC(CNC(=O)CCOc1ccccc1C)CC(=O)O. The number of carboxylic acids is 1. The van der Waals surface area contributed by atoms with Crippen molar-refractivity contribution in [3.05, 3.63) is 29.8 Å². The van der Waals surface area contributed by atoms with Gasteiger partial charge in [-0.05, 0) is 18.6 Å². The highest BCUT2D eigenvalue weighted by atomic mass is 16.5. The monoisotopic (exact) mass is 295 g/mol. The van der Waals surface area contributed by atoms with E-state index in [9.17, 15) is 9.59 Å². The van der Waals surface area contributed by atoms with E-state index in [1.807, 2.05) is 31.2 Å². The Morgan fingerprint density at radius 3 is 2.67 bits per heavy atom. The van der Waals surface area contributed by atoms with Crippen LogP contribution in [0.2, 0.25) is 0 Å². The molecule has 1 aromatic rings. The van der Waals surface area contributed by atoms with Crippen LogP contribution in [-0.2, 0) is 14.3 Å². The van der Waals surface area contributed by atoms with Crippen molar-refractivity contribution in [1.82, 2.24) is 5.32 Å². The van der Waals surface area contributed by atoms with Crippen molar-refractivity contribution in [2.24, 2.45) is 0 Å². The van der Waals surface area contributed by atoms with Crippen molar-refractivity contribution in [3.63, 3.8) is 0 Å². The number of carbonyl (C=O) groups excluding carboxylic acids is 1. The smallest absolute Gasteiger partial charge is 0.306 e. The number of aryl methyl sites for hydroxylation is 1. The highest BCUT2D eigenvalue weighted by Gasteiger charge is 2.13. The minimum Gasteiger partial charge on any atom is -0.493 e. The fraction of sp³-hybridized carbons (Fsp3) is 0.467. The van der Waals surface area contributed by atoms with Crippen LogP contribution in [0.15, 0.2) is 24.3 Å². The summed E-state index contributed by atoms with van der Waals surface area (Å²) in [5, 5.41) is 11.3. The van der Waals surface area contributed by atoms with Gasteiger partial charge in [0.2, 0.25) is 5.91 Å². The van der Waals surface area contributed by atoms with Crippen LogP contribution in [-0.4, -0.2) is 43.3 Å². The number of rotatable bonds is 9. The van der Waals surface area contributed by atoms with Crippen molar-refractivity contribution in [2.75, 3.05) is 20.3 Å². The van der Waals surface area contributed by atoms with Crippen molar-refractivity contribution in [1.29, 1.82) is 0 Å². The summed E-state index contributed by atoms with van der Waals surface area (Å²) in [4.78, 5) is 22.2. The first-order valence-electron chi connectivity index (χ1n) is 6.72. The van der Waals surface area contributed by atoms with Crippen LogP contribution >= 0.6 is 0 Å². The van der Waals surface area contributed by atoms with Gasteiger partial charge in [-0.1, -0.05) is 18.2 Å². The minimum atomic E-state index is -0.959. The van der Waals surface area contributed by atoms with E-state index in [2.05, 4.69) is 5.32 Å². The highest BCUT2D eigenvalue weighted by molar-refractivity contribution is 5.76. The second-order valence-electron chi connectivity index (χ2n) is 4.62. The molecule has 0 heterocycles. The molecule has 0 radical (unpaired) electrons. The Labute approximate surface area is 124 Å². The molecular weight excluding hydrogens is 274 g/mol. The van der Waals surface area contributed by atoms with Crippen LogP contribution in [0.25, 0.3) is 0 Å². The van der Waals surface area contributed by atoms with Crippen molar-refractivity contribution in [2.45, 2.75) is 25.9 Å². The molecule has 1 unspecified atom stereocenters. The van der Waals surface area contributed by atoms with Crippen LogP contribution in [0, 0.1) is 6.92 Å². The van der Waals surface area contributed by atoms with E-state index in [0.29, 0.717) is 0 Å². The molecule has 2 N–H and O–H groups in total. The number of nitrogens with one attached hydrogen (secondary N) is 1. The molecule has 0 saturated carbocycles. The van der Waals surface area contributed by atoms with Gasteiger partial charge in [0.15, 0.2) is 0 Å². The second kappa shape index (κ2) is 8.97. The maximum Gasteiger partial charge on any atom is 0.306 e. The van der Waals surface area contributed by atoms with Gasteiger partial charge in [-0.3, -0.25) is 9.59 Å². The van der Waals surface area contributed by atoms with Crippen molar-refractivity contribution < 1.29 is 24.2 Å². The van der Waals surface area contributed by atoms with E-state index in [-0.39, 0.29) is 31.9 Å². The van der Waals surface area contributed by atoms with Gasteiger partial charge in [-0.15, -0.1) is 0 Å². The molecule has 116 valence electrons. The van der Waals surface area contributed by atoms with Crippen LogP contribution in [0.3, 0.4) is 0 Å². The topological polar surface area (TPSA) is 84.9 Å². The predicted octanol–water partition coefficient (Wildman–Crippen LogP) is 1.37. The molecule has 6 nitrogen and oxygen atoms in total. The quantitative estimate of drug-likeness (QED) is 0.718. The summed E-state index contributed by atoms with van der Waals surface area (Å²) in [7, 11) is 1.42. The number of amides is 1. The minimum absolute atomic E-state index is 0.142. The molecule has 0 aliphatic heterocycles. The molecular formula is C15H21NO5. The van der Waals surface area contributed by atoms with Gasteiger partial charge in [-0.2, -0.15) is 0 Å². The fourth-order valence-corrected chi connectivity index (χ4v) is 1.72. The lowest BCUT2D eigenvalue weighted by atomic mass is 10.2. The summed E-state index contributed by atoms with van der Waals surface area (Å²) in [6.45, 7) is 2.38. The molecule has 0 aliphatic carbocycles. The summed E-state index contributed by atoms with van der Waals surface area (Å²) in [6.07, 6.45) is -0.460. The number of methoxy groups -OCH3 is 1. The third-order valence-corrected chi connectivity index (χ3v) is 2.94. The number of benzene rings is 1. The third-order valence-electron chi connectivity index (χ3n) is 2.94. The normalized spacial score (nSPS) is 11.7. The number of para-hydroxylation sites is 1. The Balaban J connectivity index is 2.25. The van der Waals surface area contributed by atoms with Gasteiger partial charge in [0.25, 0.3) is 0 Å². The summed E-state index contributed by atoms with van der Waals surface area (Å²) >= 11 is 0. The molecule has 21 heavy (non-hydrogen) atoms. The number of carboxylic acid groups (broad SMARTS) is 1. The van der Waals surface area contributed by atoms with E-state index in [1.165, 1.54) is 7.11 Å². The lowest BCUT2D eigenvalue weighted by Crippen LogP contribution is -2.35. The van der Waals surface area contributed by atoms with Crippen molar-refractivity contribution >= 4 is 11.9 Å². The van der Waals surface area contributed by atoms with E-state index in [0.717, 1.165) is 11.3 Å². The second-order valence-corrected chi connectivity index (χ2v) is 4.62. The van der Waals surface area contributed by atoms with E-state index >= 15 is 0 Å². The molecule has 0 aliphatic rings. The van der Waals surface area contributed by atoms with Crippen LogP contribution in [0.4, 0.5) is 0 Å². The van der Waals surface area contributed by atoms with Gasteiger partial charge in [-0.25, -0.2) is 0 Å². The summed E-state index contributed by atoms with van der Waals surface area (Å²) in [6, 6.07) is 7.57. The first-order valence-corrected chi connectivity index (χ1v) is 6.72. The molecule has 1 atom stereocenters. The van der Waals surface area contributed by atoms with Gasteiger partial charge < -0.3 is 19.9 Å². The third kappa shape index (κ3) is 6.76. The van der Waals surface area contributed by atoms with Crippen LogP contribution in [0.5, 0.6) is 5.75 Å². The molecule has 6 heteroatoms. The summed E-state index contributed by atoms with van der Waals surface area (Å²) < 4.78 is 10.5. The van der Waals surface area contributed by atoms with Gasteiger partial charge in [0, 0.05) is 13.7 Å². The zero-order valence-corrected chi connectivity index (χ0v) is 12.3. The Morgan fingerprint density at radius 1 is 1.33 bits per heavy atom. The van der Waals surface area contributed by atoms with E-state index in [1.54, 1.807) is 0 Å². The zero-order chi connectivity index (χ0) is 15.7. The molecule has 0 bridgehead atoms. The molecule has 0 fully saturated rings. The van der Waals surface area contributed by atoms with E-state index < -0.39 is 12.1 Å². The van der Waals surface area contributed by atoms with Gasteiger partial charge in [0.05, 0.1) is 25.6 Å². The number of aliphatic carboxylic acids is 1. The standard InChI is InChI=1S/C15H21NO5/c1-11-5-3-4-6-13(11)21-8-7-14(17)16-10-12(20-2)9-15(18)19/h3-6,12H,7-10H2,1-2H3,(H,16,17)(H,18,19). The van der Waals surface area contributed by atoms with E-state index in [4.69, 9.17) is 14.6 Å². The lowest BCUT2D eigenvalue weighted by molar-refractivity contribution is -0.140. The molecule has 0 aromatic heterocycles. The Hall–Kier alpha value is -2.08. The van der Waals surface area contributed by atoms with Gasteiger partial charge in [0.1, 0.15) is 5.75 Å². The molecule has 0 spiro atoms. The first-order chi connectivity index (χ1) is 10.0. The first kappa shape index (κ1) is 17.0. The number of hydrogen-bond donors (Lipinski definition) is 2. The maximum absolute atomic E-state index is 11.6. The molecule has 1 amide bonds. The Kier molecular flexibility index (Phi) is 7.25. The Morgan fingerprint density at radius 2 is 2.05 bits per heavy atom. The summed E-state index contributed by atoms with van der Waals surface area (Å²) in [5.74, 6) is -0.402. The van der Waals surface area contributed by atoms with Gasteiger partial charge >= 0.3 is 5.97 Å². The number of hydrogen-bond acceptors (Lipinski definition) is 4. The average molecular weight is 295 g/mol. The number of carbonyl (C=O) groups is 2. The van der Waals surface area contributed by atoms with Crippen LogP contribution < -0.4 is 10.1 Å². The zero-order valence-electron chi connectivity index (χ0n) is 12.3. The average Bonchev–Trinajstić information content (AvgIpc) is 2.45. The Bertz CT molecular complexity index is 475. The molecule has 1 aromatic carbocycles. The maximum atomic E-state index is 11.6. The fourth-order valence-electron chi connectivity index (χ4n) is 1.72. The lowest BCUT2D eigenvalue weighted by Gasteiger charge is -2.14. The molecule has 1 rings (SSSR count). The van der Waals surface area contributed by atoms with Crippen molar-refractivity contribution in [3.8, 4) is 5.75 Å². The summed E-state index contributed by atoms with van der Waals surface area (Å²) in [5.41, 5.74) is 1.01. The predicted molar refractivity (Wildman–Crippen MR) is 77.4 cm³/mol. The van der Waals surface area contributed by atoms with Crippen LogP contribution in [0.1, 0.15) is 18.4 Å². The number of ether oxygens (including phenoxy) is 2. The largest absolute Gasteiger partial charge is 0.493 e. The molecule has 0 saturated heterocycles. The highest BCUT2D eigenvalue weighted by Crippen LogP contribution is 2.16.